The lowest BCUT2D eigenvalue weighted by molar-refractivity contribution is 0.599. The molecule has 0 saturated carbocycles. The van der Waals surface area contributed by atoms with E-state index in [4.69, 9.17) is 9.41 Å². The van der Waals surface area contributed by atoms with Gasteiger partial charge >= 0.3 is 0 Å². The van der Waals surface area contributed by atoms with Crippen LogP contribution in [0.4, 0.5) is 11.6 Å². The van der Waals surface area contributed by atoms with Gasteiger partial charge in [-0.3, -0.25) is 0 Å². The molecule has 2 aliphatic carbocycles. The van der Waals surface area contributed by atoms with Crippen molar-refractivity contribution in [3.8, 4) is 22.3 Å². The highest BCUT2D eigenvalue weighted by Gasteiger charge is 2.52. The van der Waals surface area contributed by atoms with Crippen molar-refractivity contribution in [1.29, 1.82) is 0 Å². The predicted octanol–water partition coefficient (Wildman–Crippen LogP) is 12.8. The molecule has 3 heterocycles. The van der Waals surface area contributed by atoms with Gasteiger partial charge in [0.25, 0.3) is 0 Å². The molecule has 8 aromatic carbocycles. The molecule has 0 radical (unpaired) electrons. The standard InChI is InChI=1S/C52H33N3O/c1-54-49-37-21-8-13-28-46(37)56-50(49)53-48(51(54)55-44-27-12-7-19-35(44)39-29-31-15-2-3-16-32(31)30-45(39)55)38-22-14-26-43-47(38)36-20-6-11-25-42(36)52(43)40-23-9-4-17-33(40)34-18-5-10-24-41(34)52/h2-30,51H,1H3. The molecule has 1 unspecified atom stereocenters. The molecule has 0 bridgehead atoms. The minimum Gasteiger partial charge on any atom is -0.436 e. The Bertz CT molecular complexity index is 3320. The fraction of sp³-hybridized carbons (Fsp3) is 0.0577. The highest BCUT2D eigenvalue weighted by atomic mass is 16.3. The van der Waals surface area contributed by atoms with Crippen LogP contribution in [0.2, 0.25) is 0 Å². The monoisotopic (exact) mass is 715 g/mol. The lowest BCUT2D eigenvalue weighted by Gasteiger charge is -2.36. The third-order valence-corrected chi connectivity index (χ3v) is 12.9. The van der Waals surface area contributed by atoms with Crippen molar-refractivity contribution in [3.05, 3.63) is 204 Å². The molecule has 10 aromatic rings. The van der Waals surface area contributed by atoms with E-state index in [1.54, 1.807) is 0 Å². The fourth-order valence-electron chi connectivity index (χ4n) is 10.7. The molecular weight excluding hydrogens is 683 g/mol. The number of likely N-dealkylation sites (N-methyl/N-ethyl adjacent to an activating group) is 1. The molecule has 0 saturated heterocycles. The first-order valence-electron chi connectivity index (χ1n) is 19.4. The quantitative estimate of drug-likeness (QED) is 0.179. The van der Waals surface area contributed by atoms with Crippen LogP contribution in [0.5, 0.6) is 0 Å². The number of anilines is 1. The lowest BCUT2D eigenvalue weighted by atomic mass is 9.70. The van der Waals surface area contributed by atoms with Gasteiger partial charge in [-0.2, -0.15) is 0 Å². The Hall–Kier alpha value is -7.17. The van der Waals surface area contributed by atoms with Crippen molar-refractivity contribution in [2.75, 3.05) is 11.9 Å². The molecule has 0 fully saturated rings. The molecular formula is C52H33N3O. The first-order valence-corrected chi connectivity index (χ1v) is 19.4. The van der Waals surface area contributed by atoms with Crippen LogP contribution in [-0.2, 0) is 5.41 Å². The van der Waals surface area contributed by atoms with Crippen LogP contribution in [-0.4, -0.2) is 17.3 Å². The van der Waals surface area contributed by atoms with Crippen LogP contribution < -0.4 is 4.90 Å². The van der Waals surface area contributed by atoms with Gasteiger partial charge in [0.1, 0.15) is 11.3 Å². The number of aliphatic imine (C=N–C) groups is 1. The summed E-state index contributed by atoms with van der Waals surface area (Å²) in [4.78, 5) is 8.06. The van der Waals surface area contributed by atoms with Crippen molar-refractivity contribution in [1.82, 2.24) is 4.57 Å². The number of aromatic nitrogens is 1. The zero-order chi connectivity index (χ0) is 36.7. The molecule has 4 heteroatoms. The number of hydrogen-bond acceptors (Lipinski definition) is 3. The van der Waals surface area contributed by atoms with E-state index in [0.717, 1.165) is 27.9 Å². The minimum absolute atomic E-state index is 0.301. The van der Waals surface area contributed by atoms with E-state index in [-0.39, 0.29) is 6.17 Å². The summed E-state index contributed by atoms with van der Waals surface area (Å²) in [5, 5.41) is 5.97. The summed E-state index contributed by atoms with van der Waals surface area (Å²) < 4.78 is 9.17. The first-order chi connectivity index (χ1) is 27.7. The summed E-state index contributed by atoms with van der Waals surface area (Å²) in [6.45, 7) is 0. The zero-order valence-corrected chi connectivity index (χ0v) is 30.6. The molecule has 0 amide bonds. The maximum Gasteiger partial charge on any atom is 0.244 e. The highest BCUT2D eigenvalue weighted by Crippen LogP contribution is 2.63. The zero-order valence-electron chi connectivity index (χ0n) is 30.6. The van der Waals surface area contributed by atoms with Gasteiger partial charge in [0.05, 0.1) is 22.2 Å². The van der Waals surface area contributed by atoms with Gasteiger partial charge in [-0.25, -0.2) is 4.99 Å². The Morgan fingerprint density at radius 1 is 0.500 bits per heavy atom. The highest BCUT2D eigenvalue weighted by molar-refractivity contribution is 6.19. The number of benzene rings is 8. The van der Waals surface area contributed by atoms with E-state index in [1.165, 1.54) is 77.1 Å². The number of fused-ring (bicyclic) bond motifs is 17. The lowest BCUT2D eigenvalue weighted by Crippen LogP contribution is -2.38. The largest absolute Gasteiger partial charge is 0.436 e. The average molecular weight is 716 g/mol. The SMILES string of the molecule is CN1c2c(oc3ccccc23)N=C(c2cccc3c2-c2ccccc2C32c3ccccc3-c3ccccc32)C1n1c2ccccc2c2cc3ccccc3cc21. The molecule has 4 nitrogen and oxygen atoms in total. The molecule has 1 aliphatic heterocycles. The van der Waals surface area contributed by atoms with Crippen LogP contribution in [0, 0.1) is 0 Å². The summed E-state index contributed by atoms with van der Waals surface area (Å²) >= 11 is 0. The van der Waals surface area contributed by atoms with E-state index in [0.29, 0.717) is 5.88 Å². The summed E-state index contributed by atoms with van der Waals surface area (Å²) in [5.41, 5.74) is 16.1. The summed E-state index contributed by atoms with van der Waals surface area (Å²) in [7, 11) is 2.21. The Morgan fingerprint density at radius 2 is 1.07 bits per heavy atom. The molecule has 56 heavy (non-hydrogen) atoms. The molecule has 0 N–H and O–H groups in total. The van der Waals surface area contributed by atoms with Gasteiger partial charge in [0.2, 0.25) is 5.88 Å². The second-order valence-electron chi connectivity index (χ2n) is 15.5. The molecule has 1 atom stereocenters. The van der Waals surface area contributed by atoms with E-state index in [1.807, 2.05) is 12.1 Å². The predicted molar refractivity (Wildman–Crippen MR) is 230 cm³/mol. The van der Waals surface area contributed by atoms with Gasteiger partial charge in [-0.15, -0.1) is 0 Å². The number of para-hydroxylation sites is 2. The number of nitrogens with zero attached hydrogens (tertiary/aromatic N) is 3. The van der Waals surface area contributed by atoms with Gasteiger partial charge in [0.15, 0.2) is 6.17 Å². The maximum absolute atomic E-state index is 6.65. The van der Waals surface area contributed by atoms with Crippen LogP contribution in [0.3, 0.4) is 0 Å². The summed E-state index contributed by atoms with van der Waals surface area (Å²) in [5.74, 6) is 0.640. The van der Waals surface area contributed by atoms with Crippen molar-refractivity contribution >= 4 is 60.8 Å². The first kappa shape index (κ1) is 30.2. The average Bonchev–Trinajstić information content (AvgIpc) is 3.97. The van der Waals surface area contributed by atoms with E-state index in [2.05, 4.69) is 180 Å². The molecule has 262 valence electrons. The summed E-state index contributed by atoms with van der Waals surface area (Å²) in [6, 6.07) is 64.5. The second-order valence-corrected chi connectivity index (χ2v) is 15.5. The van der Waals surface area contributed by atoms with Crippen molar-refractivity contribution in [2.45, 2.75) is 11.6 Å². The van der Waals surface area contributed by atoms with Crippen LogP contribution in [0.1, 0.15) is 34.0 Å². The van der Waals surface area contributed by atoms with Crippen molar-refractivity contribution < 1.29 is 4.42 Å². The number of rotatable bonds is 2. The Morgan fingerprint density at radius 3 is 1.84 bits per heavy atom. The van der Waals surface area contributed by atoms with E-state index >= 15 is 0 Å². The van der Waals surface area contributed by atoms with Gasteiger partial charge in [-0.1, -0.05) is 146 Å². The van der Waals surface area contributed by atoms with Crippen molar-refractivity contribution in [3.63, 3.8) is 0 Å². The minimum atomic E-state index is -0.456. The molecule has 13 rings (SSSR count). The third kappa shape index (κ3) is 3.62. The Kier molecular flexibility index (Phi) is 5.79. The Labute approximate surface area is 323 Å². The molecule has 3 aliphatic rings. The third-order valence-electron chi connectivity index (χ3n) is 12.9. The van der Waals surface area contributed by atoms with Gasteiger partial charge in [0, 0.05) is 28.8 Å². The fourth-order valence-corrected chi connectivity index (χ4v) is 10.7. The normalized spacial score (nSPS) is 16.0. The van der Waals surface area contributed by atoms with E-state index < -0.39 is 5.41 Å². The van der Waals surface area contributed by atoms with Crippen molar-refractivity contribution in [2.24, 2.45) is 4.99 Å². The molecule has 1 spiro atoms. The van der Waals surface area contributed by atoms with Crippen LogP contribution >= 0.6 is 0 Å². The number of furan rings is 1. The smallest absolute Gasteiger partial charge is 0.244 e. The van der Waals surface area contributed by atoms with E-state index in [9.17, 15) is 0 Å². The summed E-state index contributed by atoms with van der Waals surface area (Å²) in [6.07, 6.45) is -0.301. The van der Waals surface area contributed by atoms with Crippen LogP contribution in [0.15, 0.2) is 185 Å². The second kappa shape index (κ2) is 10.7. The molecule has 2 aromatic heterocycles. The topological polar surface area (TPSA) is 33.7 Å². The van der Waals surface area contributed by atoms with Gasteiger partial charge in [-0.05, 0) is 85.6 Å². The van der Waals surface area contributed by atoms with Gasteiger partial charge < -0.3 is 13.9 Å². The maximum atomic E-state index is 6.65. The number of hydrogen-bond donors (Lipinski definition) is 0. The van der Waals surface area contributed by atoms with Crippen LogP contribution in [0.25, 0.3) is 65.8 Å². The Balaban J connectivity index is 1.16.